The number of carbonyl (C=O) groups excluding carboxylic acids is 1. The van der Waals surface area contributed by atoms with Crippen molar-refractivity contribution in [2.75, 3.05) is 33.3 Å². The Hall–Kier alpha value is -3.13. The molecule has 0 aliphatic heterocycles. The largest absolute Gasteiger partial charge is 0.497 e. The molecular formula is C19H19N3O4S. The van der Waals surface area contributed by atoms with Gasteiger partial charge in [-0.15, -0.1) is 10.2 Å². The molecular weight excluding hydrogens is 366 g/mol. The molecule has 0 atom stereocenters. The second kappa shape index (κ2) is 8.05. The van der Waals surface area contributed by atoms with E-state index in [0.717, 1.165) is 16.3 Å². The van der Waals surface area contributed by atoms with Gasteiger partial charge in [0.1, 0.15) is 10.8 Å². The summed E-state index contributed by atoms with van der Waals surface area (Å²) in [5.74, 6) is 1.61. The van der Waals surface area contributed by atoms with Crippen LogP contribution in [-0.2, 0) is 0 Å². The van der Waals surface area contributed by atoms with Gasteiger partial charge in [0.2, 0.25) is 5.13 Å². The maximum atomic E-state index is 12.8. The van der Waals surface area contributed by atoms with E-state index < -0.39 is 0 Å². The van der Waals surface area contributed by atoms with Crippen molar-refractivity contribution in [3.8, 4) is 27.8 Å². The monoisotopic (exact) mass is 385 g/mol. The van der Waals surface area contributed by atoms with Crippen LogP contribution in [0.1, 0.15) is 10.4 Å². The van der Waals surface area contributed by atoms with Crippen molar-refractivity contribution >= 4 is 22.4 Å². The zero-order chi connectivity index (χ0) is 19.4. The average Bonchev–Trinajstić information content (AvgIpc) is 3.22. The third kappa shape index (κ3) is 3.85. The van der Waals surface area contributed by atoms with Crippen LogP contribution in [0.15, 0.2) is 42.5 Å². The van der Waals surface area contributed by atoms with Crippen LogP contribution < -0.4 is 19.1 Å². The Balaban J connectivity index is 1.82. The molecule has 0 saturated heterocycles. The number of amides is 1. The Morgan fingerprint density at radius 2 is 1.63 bits per heavy atom. The van der Waals surface area contributed by atoms with E-state index in [1.807, 2.05) is 24.3 Å². The highest BCUT2D eigenvalue weighted by Gasteiger charge is 2.19. The summed E-state index contributed by atoms with van der Waals surface area (Å²) in [6, 6.07) is 12.5. The standard InChI is InChI=1S/C19H19N3O4S/c1-22(18(23)13-7-10-15(25-3)16(11-13)26-4)19-21-20-17(27-19)12-5-8-14(24-2)9-6-12/h5-11H,1-4H3. The van der Waals surface area contributed by atoms with Gasteiger partial charge in [-0.25, -0.2) is 0 Å². The van der Waals surface area contributed by atoms with Crippen molar-refractivity contribution < 1.29 is 19.0 Å². The van der Waals surface area contributed by atoms with Crippen molar-refractivity contribution in [2.45, 2.75) is 0 Å². The lowest BCUT2D eigenvalue weighted by Crippen LogP contribution is -2.26. The van der Waals surface area contributed by atoms with Crippen LogP contribution in [0.25, 0.3) is 10.6 Å². The van der Waals surface area contributed by atoms with Crippen LogP contribution in [0, 0.1) is 0 Å². The van der Waals surface area contributed by atoms with Gasteiger partial charge in [-0.3, -0.25) is 9.69 Å². The molecule has 0 unspecified atom stereocenters. The van der Waals surface area contributed by atoms with Gasteiger partial charge in [0.15, 0.2) is 11.5 Å². The fourth-order valence-corrected chi connectivity index (χ4v) is 3.26. The molecule has 1 aromatic heterocycles. The van der Waals surface area contributed by atoms with E-state index in [4.69, 9.17) is 14.2 Å². The maximum Gasteiger partial charge on any atom is 0.259 e. The van der Waals surface area contributed by atoms with E-state index in [0.29, 0.717) is 22.2 Å². The number of ether oxygens (including phenoxy) is 3. The topological polar surface area (TPSA) is 73.8 Å². The smallest absolute Gasteiger partial charge is 0.259 e. The lowest BCUT2D eigenvalue weighted by Gasteiger charge is -2.14. The fraction of sp³-hybridized carbons (Fsp3) is 0.211. The van der Waals surface area contributed by atoms with Gasteiger partial charge < -0.3 is 14.2 Å². The Morgan fingerprint density at radius 3 is 2.26 bits per heavy atom. The average molecular weight is 385 g/mol. The third-order valence-corrected chi connectivity index (χ3v) is 5.02. The molecule has 140 valence electrons. The van der Waals surface area contributed by atoms with Gasteiger partial charge >= 0.3 is 0 Å². The Morgan fingerprint density at radius 1 is 0.926 bits per heavy atom. The molecule has 0 aliphatic carbocycles. The first-order valence-electron chi connectivity index (χ1n) is 8.05. The normalized spacial score (nSPS) is 10.4. The molecule has 8 heteroatoms. The van der Waals surface area contributed by atoms with Crippen LogP contribution in [0.5, 0.6) is 17.2 Å². The van der Waals surface area contributed by atoms with Crippen LogP contribution in [0.4, 0.5) is 5.13 Å². The van der Waals surface area contributed by atoms with Crippen molar-refractivity contribution in [1.82, 2.24) is 10.2 Å². The molecule has 1 heterocycles. The molecule has 7 nitrogen and oxygen atoms in total. The van der Waals surface area contributed by atoms with E-state index in [-0.39, 0.29) is 5.91 Å². The van der Waals surface area contributed by atoms with E-state index in [1.54, 1.807) is 39.5 Å². The molecule has 0 N–H and O–H groups in total. The van der Waals surface area contributed by atoms with E-state index >= 15 is 0 Å². The van der Waals surface area contributed by atoms with Gasteiger partial charge in [-0.1, -0.05) is 11.3 Å². The summed E-state index contributed by atoms with van der Waals surface area (Å²) >= 11 is 1.33. The second-order valence-electron chi connectivity index (χ2n) is 5.55. The molecule has 0 radical (unpaired) electrons. The number of carbonyl (C=O) groups is 1. The molecule has 3 aromatic rings. The van der Waals surface area contributed by atoms with E-state index in [9.17, 15) is 4.79 Å². The van der Waals surface area contributed by atoms with Crippen molar-refractivity contribution in [3.63, 3.8) is 0 Å². The first-order valence-corrected chi connectivity index (χ1v) is 8.87. The fourth-order valence-electron chi connectivity index (χ4n) is 2.45. The summed E-state index contributed by atoms with van der Waals surface area (Å²) in [5.41, 5.74) is 1.38. The van der Waals surface area contributed by atoms with Crippen molar-refractivity contribution in [3.05, 3.63) is 48.0 Å². The Bertz CT molecular complexity index is 940. The van der Waals surface area contributed by atoms with Gasteiger partial charge in [0, 0.05) is 18.2 Å². The summed E-state index contributed by atoms with van der Waals surface area (Å²) in [5, 5.41) is 9.56. The SMILES string of the molecule is COc1ccc(-c2nnc(N(C)C(=O)c3ccc(OC)c(OC)c3)s2)cc1. The highest BCUT2D eigenvalue weighted by atomic mass is 32.1. The number of anilines is 1. The minimum absolute atomic E-state index is 0.214. The number of nitrogens with zero attached hydrogens (tertiary/aromatic N) is 3. The van der Waals surface area contributed by atoms with Gasteiger partial charge in [0.25, 0.3) is 5.91 Å². The predicted molar refractivity (Wildman–Crippen MR) is 104 cm³/mol. The summed E-state index contributed by atoms with van der Waals surface area (Å²) < 4.78 is 15.6. The van der Waals surface area contributed by atoms with E-state index in [1.165, 1.54) is 23.3 Å². The summed E-state index contributed by atoms with van der Waals surface area (Å²) in [6.45, 7) is 0. The highest BCUT2D eigenvalue weighted by molar-refractivity contribution is 7.18. The van der Waals surface area contributed by atoms with Gasteiger partial charge in [0.05, 0.1) is 21.3 Å². The zero-order valence-corrected chi connectivity index (χ0v) is 16.2. The first kappa shape index (κ1) is 18.7. The summed E-state index contributed by atoms with van der Waals surface area (Å²) in [7, 11) is 6.36. The molecule has 0 aliphatic rings. The number of rotatable bonds is 6. The third-order valence-electron chi connectivity index (χ3n) is 3.97. The Kier molecular flexibility index (Phi) is 5.56. The number of hydrogen-bond acceptors (Lipinski definition) is 7. The van der Waals surface area contributed by atoms with Crippen molar-refractivity contribution in [2.24, 2.45) is 0 Å². The lowest BCUT2D eigenvalue weighted by molar-refractivity contribution is 0.0992. The molecule has 0 saturated carbocycles. The highest BCUT2D eigenvalue weighted by Crippen LogP contribution is 2.31. The van der Waals surface area contributed by atoms with Gasteiger partial charge in [-0.05, 0) is 42.5 Å². The van der Waals surface area contributed by atoms with Crippen molar-refractivity contribution in [1.29, 1.82) is 0 Å². The number of aromatic nitrogens is 2. The molecule has 27 heavy (non-hydrogen) atoms. The summed E-state index contributed by atoms with van der Waals surface area (Å²) in [6.07, 6.45) is 0. The maximum absolute atomic E-state index is 12.8. The quantitative estimate of drug-likeness (QED) is 0.646. The lowest BCUT2D eigenvalue weighted by atomic mass is 10.2. The van der Waals surface area contributed by atoms with Gasteiger partial charge in [-0.2, -0.15) is 0 Å². The van der Waals surface area contributed by atoms with Crippen LogP contribution in [0.2, 0.25) is 0 Å². The number of hydrogen-bond donors (Lipinski definition) is 0. The zero-order valence-electron chi connectivity index (χ0n) is 15.4. The molecule has 3 rings (SSSR count). The van der Waals surface area contributed by atoms with Crippen LogP contribution >= 0.6 is 11.3 Å². The molecule has 0 bridgehead atoms. The molecule has 0 spiro atoms. The number of methoxy groups -OCH3 is 3. The Labute approximate surface area is 161 Å². The number of benzene rings is 2. The summed E-state index contributed by atoms with van der Waals surface area (Å²) in [4.78, 5) is 14.3. The second-order valence-corrected chi connectivity index (χ2v) is 6.51. The molecule has 1 amide bonds. The van der Waals surface area contributed by atoms with Crippen LogP contribution in [-0.4, -0.2) is 44.5 Å². The molecule has 0 fully saturated rings. The minimum Gasteiger partial charge on any atom is -0.497 e. The molecule has 2 aromatic carbocycles. The first-order chi connectivity index (χ1) is 13.1. The predicted octanol–water partition coefficient (Wildman–Crippen LogP) is 3.51. The van der Waals surface area contributed by atoms with Crippen LogP contribution in [0.3, 0.4) is 0 Å². The minimum atomic E-state index is -0.214. The van der Waals surface area contributed by atoms with E-state index in [2.05, 4.69) is 10.2 Å².